The van der Waals surface area contributed by atoms with Crippen LogP contribution in [0, 0.1) is 5.41 Å². The van der Waals surface area contributed by atoms with Crippen LogP contribution in [0.3, 0.4) is 0 Å². The summed E-state index contributed by atoms with van der Waals surface area (Å²) < 4.78 is 0. The number of phenols is 1. The molecule has 0 saturated heterocycles. The van der Waals surface area contributed by atoms with Crippen LogP contribution in [0.4, 0.5) is 0 Å². The topological polar surface area (TPSA) is 20.2 Å². The second-order valence-electron chi connectivity index (χ2n) is 5.29. The highest BCUT2D eigenvalue weighted by Gasteiger charge is 2.28. The van der Waals surface area contributed by atoms with E-state index in [1.807, 2.05) is 0 Å². The van der Waals surface area contributed by atoms with Gasteiger partial charge in [-0.05, 0) is 41.9 Å². The van der Waals surface area contributed by atoms with Crippen LogP contribution in [-0.4, -0.2) is 5.11 Å². The Hall–Kier alpha value is -0.980. The molecule has 0 bridgehead atoms. The SMILES string of the molecule is CCCC(C)(C)C(CC)c1ccc(O)cc1. The van der Waals surface area contributed by atoms with Gasteiger partial charge >= 0.3 is 0 Å². The maximum atomic E-state index is 9.32. The molecule has 1 aromatic rings. The fraction of sp³-hybridized carbons (Fsp3) is 0.600. The number of phenolic OH excluding ortho intramolecular Hbond substituents is 1. The Morgan fingerprint density at radius 2 is 1.69 bits per heavy atom. The van der Waals surface area contributed by atoms with E-state index in [0.717, 1.165) is 6.42 Å². The van der Waals surface area contributed by atoms with Gasteiger partial charge in [0.25, 0.3) is 0 Å². The van der Waals surface area contributed by atoms with Gasteiger partial charge in [-0.3, -0.25) is 0 Å². The average molecular weight is 220 g/mol. The molecule has 0 fully saturated rings. The minimum atomic E-state index is 0.334. The molecular formula is C15H24O. The van der Waals surface area contributed by atoms with Gasteiger partial charge in [-0.2, -0.15) is 0 Å². The quantitative estimate of drug-likeness (QED) is 0.761. The second kappa shape index (κ2) is 5.38. The van der Waals surface area contributed by atoms with E-state index in [1.165, 1.54) is 18.4 Å². The van der Waals surface area contributed by atoms with E-state index in [9.17, 15) is 5.11 Å². The summed E-state index contributed by atoms with van der Waals surface area (Å²) >= 11 is 0. The van der Waals surface area contributed by atoms with Gasteiger partial charge in [-0.25, -0.2) is 0 Å². The molecule has 0 aliphatic rings. The highest BCUT2D eigenvalue weighted by Crippen LogP contribution is 2.41. The molecule has 0 radical (unpaired) electrons. The predicted molar refractivity (Wildman–Crippen MR) is 69.8 cm³/mol. The van der Waals surface area contributed by atoms with Crippen LogP contribution >= 0.6 is 0 Å². The normalized spacial score (nSPS) is 13.8. The third-order valence-corrected chi connectivity index (χ3v) is 3.54. The summed E-state index contributed by atoms with van der Waals surface area (Å²) in [5.74, 6) is 0.931. The Kier molecular flexibility index (Phi) is 4.40. The summed E-state index contributed by atoms with van der Waals surface area (Å²) in [5.41, 5.74) is 1.68. The average Bonchev–Trinajstić information content (AvgIpc) is 2.21. The molecule has 0 amide bonds. The second-order valence-corrected chi connectivity index (χ2v) is 5.29. The summed E-state index contributed by atoms with van der Waals surface area (Å²) in [6, 6.07) is 7.70. The van der Waals surface area contributed by atoms with Crippen LogP contribution in [-0.2, 0) is 0 Å². The molecule has 16 heavy (non-hydrogen) atoms. The molecule has 0 heterocycles. The molecule has 1 heteroatoms. The standard InChI is InChI=1S/C15H24O/c1-5-11-15(3,4)14(6-2)12-7-9-13(16)10-8-12/h7-10,14,16H,5-6,11H2,1-4H3. The van der Waals surface area contributed by atoms with Gasteiger partial charge in [0.2, 0.25) is 0 Å². The molecule has 1 aromatic carbocycles. The van der Waals surface area contributed by atoms with E-state index in [4.69, 9.17) is 0 Å². The molecule has 1 unspecified atom stereocenters. The molecule has 90 valence electrons. The minimum absolute atomic E-state index is 0.334. The van der Waals surface area contributed by atoms with Crippen LogP contribution in [0.2, 0.25) is 0 Å². The first kappa shape index (κ1) is 13.1. The van der Waals surface area contributed by atoms with Crippen LogP contribution in [0.25, 0.3) is 0 Å². The Morgan fingerprint density at radius 3 is 2.12 bits per heavy atom. The third-order valence-electron chi connectivity index (χ3n) is 3.54. The Morgan fingerprint density at radius 1 is 1.12 bits per heavy atom. The molecule has 0 aromatic heterocycles. The maximum Gasteiger partial charge on any atom is 0.115 e. The van der Waals surface area contributed by atoms with Crippen molar-refractivity contribution in [2.24, 2.45) is 5.41 Å². The molecule has 0 aliphatic heterocycles. The lowest BCUT2D eigenvalue weighted by Gasteiger charge is -2.34. The first-order valence-corrected chi connectivity index (χ1v) is 6.30. The van der Waals surface area contributed by atoms with Crippen molar-refractivity contribution in [1.29, 1.82) is 0 Å². The lowest BCUT2D eigenvalue weighted by Crippen LogP contribution is -2.21. The Bertz CT molecular complexity index is 311. The van der Waals surface area contributed by atoms with E-state index in [2.05, 4.69) is 39.8 Å². The van der Waals surface area contributed by atoms with Crippen LogP contribution in [0.5, 0.6) is 5.75 Å². The fourth-order valence-electron chi connectivity index (χ4n) is 2.76. The van der Waals surface area contributed by atoms with Crippen molar-refractivity contribution in [2.75, 3.05) is 0 Å². The van der Waals surface area contributed by atoms with Crippen molar-refractivity contribution in [2.45, 2.75) is 52.9 Å². The highest BCUT2D eigenvalue weighted by atomic mass is 16.3. The number of rotatable bonds is 5. The molecule has 0 spiro atoms. The molecule has 0 saturated carbocycles. The summed E-state index contributed by atoms with van der Waals surface area (Å²) in [7, 11) is 0. The zero-order valence-corrected chi connectivity index (χ0v) is 11.0. The number of aromatic hydroxyl groups is 1. The third kappa shape index (κ3) is 3.01. The van der Waals surface area contributed by atoms with E-state index in [-0.39, 0.29) is 0 Å². The number of benzene rings is 1. The molecule has 1 nitrogen and oxygen atoms in total. The smallest absolute Gasteiger partial charge is 0.115 e. The highest BCUT2D eigenvalue weighted by molar-refractivity contribution is 5.29. The van der Waals surface area contributed by atoms with Gasteiger partial charge in [-0.1, -0.05) is 46.2 Å². The molecular weight excluding hydrogens is 196 g/mol. The van der Waals surface area contributed by atoms with Crippen molar-refractivity contribution in [3.05, 3.63) is 29.8 Å². The number of hydrogen-bond donors (Lipinski definition) is 1. The van der Waals surface area contributed by atoms with Gasteiger partial charge in [0.05, 0.1) is 0 Å². The van der Waals surface area contributed by atoms with Crippen molar-refractivity contribution in [3.8, 4) is 5.75 Å². The molecule has 1 atom stereocenters. The predicted octanol–water partition coefficient (Wildman–Crippen LogP) is 4.71. The Labute approximate surface area is 99.5 Å². The summed E-state index contributed by atoms with van der Waals surface area (Å²) in [6.45, 7) is 9.18. The van der Waals surface area contributed by atoms with E-state index in [0.29, 0.717) is 17.1 Å². The van der Waals surface area contributed by atoms with Crippen molar-refractivity contribution in [3.63, 3.8) is 0 Å². The zero-order valence-electron chi connectivity index (χ0n) is 11.0. The largest absolute Gasteiger partial charge is 0.508 e. The molecule has 1 rings (SSSR count). The summed E-state index contributed by atoms with van der Waals surface area (Å²) in [4.78, 5) is 0. The maximum absolute atomic E-state index is 9.32. The van der Waals surface area contributed by atoms with Gasteiger partial charge < -0.3 is 5.11 Å². The van der Waals surface area contributed by atoms with Gasteiger partial charge in [0.15, 0.2) is 0 Å². The lowest BCUT2D eigenvalue weighted by molar-refractivity contribution is 0.253. The first-order valence-electron chi connectivity index (χ1n) is 6.30. The van der Waals surface area contributed by atoms with Crippen molar-refractivity contribution >= 4 is 0 Å². The lowest BCUT2D eigenvalue weighted by atomic mass is 9.71. The minimum Gasteiger partial charge on any atom is -0.508 e. The van der Waals surface area contributed by atoms with Crippen LogP contribution in [0.15, 0.2) is 24.3 Å². The number of hydrogen-bond acceptors (Lipinski definition) is 1. The van der Waals surface area contributed by atoms with E-state index >= 15 is 0 Å². The van der Waals surface area contributed by atoms with E-state index in [1.54, 1.807) is 12.1 Å². The summed E-state index contributed by atoms with van der Waals surface area (Å²) in [5, 5.41) is 9.32. The molecule has 0 aliphatic carbocycles. The van der Waals surface area contributed by atoms with E-state index < -0.39 is 0 Å². The molecule has 1 N–H and O–H groups in total. The van der Waals surface area contributed by atoms with Crippen LogP contribution in [0.1, 0.15) is 58.4 Å². The van der Waals surface area contributed by atoms with Gasteiger partial charge in [-0.15, -0.1) is 0 Å². The first-order chi connectivity index (χ1) is 7.51. The van der Waals surface area contributed by atoms with Crippen molar-refractivity contribution in [1.82, 2.24) is 0 Å². The van der Waals surface area contributed by atoms with Crippen molar-refractivity contribution < 1.29 is 5.11 Å². The van der Waals surface area contributed by atoms with Crippen LogP contribution < -0.4 is 0 Å². The zero-order chi connectivity index (χ0) is 12.2. The monoisotopic (exact) mass is 220 g/mol. The Balaban J connectivity index is 2.93. The van der Waals surface area contributed by atoms with Gasteiger partial charge in [0, 0.05) is 0 Å². The van der Waals surface area contributed by atoms with Gasteiger partial charge in [0.1, 0.15) is 5.75 Å². The fourth-order valence-corrected chi connectivity index (χ4v) is 2.76. The summed E-state index contributed by atoms with van der Waals surface area (Å²) in [6.07, 6.45) is 3.62.